The summed E-state index contributed by atoms with van der Waals surface area (Å²) >= 11 is 0. The Balaban J connectivity index is 1.69. The van der Waals surface area contributed by atoms with E-state index >= 15 is 0 Å². The van der Waals surface area contributed by atoms with Crippen LogP contribution in [-0.2, 0) is 4.74 Å². The van der Waals surface area contributed by atoms with Crippen molar-refractivity contribution in [2.75, 3.05) is 32.8 Å². The average molecular weight is 372 g/mol. The molecule has 2 amide bonds. The number of hydrogen-bond donors (Lipinski definition) is 1. The minimum absolute atomic E-state index is 0.148. The van der Waals surface area contributed by atoms with Gasteiger partial charge < -0.3 is 24.1 Å². The van der Waals surface area contributed by atoms with Crippen LogP contribution >= 0.6 is 0 Å². The number of nitrogens with zero attached hydrogens (tertiary/aromatic N) is 2. The summed E-state index contributed by atoms with van der Waals surface area (Å²) in [6.45, 7) is 3.76. The molecule has 1 aromatic carbocycles. The summed E-state index contributed by atoms with van der Waals surface area (Å²) in [6.07, 6.45) is -0.362. The van der Waals surface area contributed by atoms with Crippen molar-refractivity contribution in [1.82, 2.24) is 9.80 Å². The van der Waals surface area contributed by atoms with Gasteiger partial charge >= 0.3 is 12.1 Å². The SMILES string of the molecule is CCOC(=O)N1CCN(C(=O)c2cccc(-c3ccc(C(=O)O)o3)c2)CC1. The average Bonchev–Trinajstić information content (AvgIpc) is 3.18. The van der Waals surface area contributed by atoms with Gasteiger partial charge in [0.25, 0.3) is 5.91 Å². The smallest absolute Gasteiger partial charge is 0.409 e. The van der Waals surface area contributed by atoms with Crippen molar-refractivity contribution < 1.29 is 28.6 Å². The summed E-state index contributed by atoms with van der Waals surface area (Å²) in [5, 5.41) is 8.96. The van der Waals surface area contributed by atoms with E-state index in [4.69, 9.17) is 14.3 Å². The molecule has 0 spiro atoms. The van der Waals surface area contributed by atoms with Gasteiger partial charge in [0.05, 0.1) is 6.61 Å². The van der Waals surface area contributed by atoms with Crippen LogP contribution in [0.1, 0.15) is 27.8 Å². The number of piperazine rings is 1. The highest BCUT2D eigenvalue weighted by Crippen LogP contribution is 2.24. The van der Waals surface area contributed by atoms with Crippen LogP contribution in [0.3, 0.4) is 0 Å². The van der Waals surface area contributed by atoms with E-state index in [2.05, 4.69) is 0 Å². The van der Waals surface area contributed by atoms with Gasteiger partial charge in [0.15, 0.2) is 0 Å². The number of amides is 2. The first kappa shape index (κ1) is 18.5. The Morgan fingerprint density at radius 1 is 1.07 bits per heavy atom. The molecular formula is C19H20N2O6. The Morgan fingerprint density at radius 3 is 2.41 bits per heavy atom. The highest BCUT2D eigenvalue weighted by Gasteiger charge is 2.25. The monoisotopic (exact) mass is 372 g/mol. The number of benzene rings is 1. The summed E-state index contributed by atoms with van der Waals surface area (Å²) in [6, 6.07) is 9.78. The first-order chi connectivity index (χ1) is 13.0. The van der Waals surface area contributed by atoms with E-state index in [1.165, 1.54) is 6.07 Å². The van der Waals surface area contributed by atoms with Crippen molar-refractivity contribution in [3.8, 4) is 11.3 Å². The van der Waals surface area contributed by atoms with Crippen LogP contribution in [0.15, 0.2) is 40.8 Å². The first-order valence-electron chi connectivity index (χ1n) is 8.64. The Kier molecular flexibility index (Phi) is 5.44. The zero-order chi connectivity index (χ0) is 19.4. The molecule has 0 saturated carbocycles. The third kappa shape index (κ3) is 4.11. The predicted molar refractivity (Wildman–Crippen MR) is 95.6 cm³/mol. The summed E-state index contributed by atoms with van der Waals surface area (Å²) in [4.78, 5) is 38.7. The third-order valence-corrected chi connectivity index (χ3v) is 4.30. The van der Waals surface area contributed by atoms with Crippen molar-refractivity contribution >= 4 is 18.0 Å². The molecule has 1 aromatic heterocycles. The van der Waals surface area contributed by atoms with Crippen LogP contribution in [0.4, 0.5) is 4.79 Å². The minimum Gasteiger partial charge on any atom is -0.475 e. The van der Waals surface area contributed by atoms with Gasteiger partial charge in [-0.15, -0.1) is 0 Å². The van der Waals surface area contributed by atoms with Gasteiger partial charge in [0.2, 0.25) is 5.76 Å². The molecule has 0 unspecified atom stereocenters. The molecule has 1 fully saturated rings. The Morgan fingerprint density at radius 2 is 1.78 bits per heavy atom. The van der Waals surface area contributed by atoms with E-state index in [0.717, 1.165) is 0 Å². The topological polar surface area (TPSA) is 100 Å². The molecule has 2 heterocycles. The van der Waals surface area contributed by atoms with Crippen LogP contribution in [-0.4, -0.2) is 65.7 Å². The fourth-order valence-corrected chi connectivity index (χ4v) is 2.90. The number of hydrogen-bond acceptors (Lipinski definition) is 5. The van der Waals surface area contributed by atoms with E-state index < -0.39 is 5.97 Å². The normalized spacial score (nSPS) is 14.1. The zero-order valence-corrected chi connectivity index (χ0v) is 14.9. The van der Waals surface area contributed by atoms with E-state index in [-0.39, 0.29) is 17.8 Å². The maximum atomic E-state index is 12.8. The second kappa shape index (κ2) is 7.94. The number of ether oxygens (including phenoxy) is 1. The van der Waals surface area contributed by atoms with Gasteiger partial charge in [-0.25, -0.2) is 9.59 Å². The summed E-state index contributed by atoms with van der Waals surface area (Å²) in [7, 11) is 0. The van der Waals surface area contributed by atoms with Crippen LogP contribution < -0.4 is 0 Å². The standard InChI is InChI=1S/C19H20N2O6/c1-2-26-19(25)21-10-8-20(9-11-21)17(22)14-5-3-4-13(12-14)15-6-7-16(27-15)18(23)24/h3-7,12H,2,8-11H2,1H3,(H,23,24). The zero-order valence-electron chi connectivity index (χ0n) is 14.9. The number of carboxylic acids is 1. The molecule has 8 nitrogen and oxygen atoms in total. The molecule has 0 radical (unpaired) electrons. The van der Waals surface area contributed by atoms with Crippen LogP contribution in [0, 0.1) is 0 Å². The Bertz CT molecular complexity index is 851. The van der Waals surface area contributed by atoms with Gasteiger partial charge in [0, 0.05) is 37.3 Å². The maximum Gasteiger partial charge on any atom is 0.409 e. The lowest BCUT2D eigenvalue weighted by molar-refractivity contribution is 0.0570. The summed E-state index contributed by atoms with van der Waals surface area (Å²) < 4.78 is 10.3. The molecule has 0 aliphatic carbocycles. The number of carbonyl (C=O) groups is 3. The van der Waals surface area contributed by atoms with Gasteiger partial charge in [-0.3, -0.25) is 4.79 Å². The molecule has 0 bridgehead atoms. The molecule has 1 aliphatic rings. The number of furan rings is 1. The number of rotatable bonds is 4. The van der Waals surface area contributed by atoms with Crippen molar-refractivity contribution in [3.63, 3.8) is 0 Å². The molecule has 142 valence electrons. The van der Waals surface area contributed by atoms with Gasteiger partial charge in [-0.05, 0) is 31.2 Å². The highest BCUT2D eigenvalue weighted by molar-refractivity contribution is 5.95. The molecule has 0 atom stereocenters. The van der Waals surface area contributed by atoms with Gasteiger partial charge in [0.1, 0.15) is 5.76 Å². The quantitative estimate of drug-likeness (QED) is 0.885. The summed E-state index contributed by atoms with van der Waals surface area (Å²) in [5.41, 5.74) is 1.10. The lowest BCUT2D eigenvalue weighted by Gasteiger charge is -2.34. The molecule has 3 rings (SSSR count). The molecular weight excluding hydrogens is 352 g/mol. The minimum atomic E-state index is -1.15. The molecule has 1 aliphatic heterocycles. The van der Waals surface area contributed by atoms with Crippen LogP contribution in [0.5, 0.6) is 0 Å². The Labute approximate surface area is 155 Å². The summed E-state index contributed by atoms with van der Waals surface area (Å²) in [5.74, 6) is -1.07. The Hall–Kier alpha value is -3.29. The largest absolute Gasteiger partial charge is 0.475 e. The van der Waals surface area contributed by atoms with E-state index in [9.17, 15) is 14.4 Å². The second-order valence-electron chi connectivity index (χ2n) is 6.03. The number of carbonyl (C=O) groups excluding carboxylic acids is 2. The van der Waals surface area contributed by atoms with E-state index in [1.54, 1.807) is 47.1 Å². The van der Waals surface area contributed by atoms with Crippen molar-refractivity contribution in [1.29, 1.82) is 0 Å². The van der Waals surface area contributed by atoms with Crippen molar-refractivity contribution in [2.24, 2.45) is 0 Å². The van der Waals surface area contributed by atoms with E-state index in [0.29, 0.717) is 49.7 Å². The molecule has 2 aromatic rings. The maximum absolute atomic E-state index is 12.8. The molecule has 1 N–H and O–H groups in total. The molecule has 27 heavy (non-hydrogen) atoms. The fraction of sp³-hybridized carbons (Fsp3) is 0.316. The molecule has 8 heteroatoms. The second-order valence-corrected chi connectivity index (χ2v) is 6.03. The lowest BCUT2D eigenvalue weighted by atomic mass is 10.1. The number of carboxylic acid groups (broad SMARTS) is 1. The van der Waals surface area contributed by atoms with Crippen molar-refractivity contribution in [2.45, 2.75) is 6.92 Å². The number of aromatic carboxylic acids is 1. The van der Waals surface area contributed by atoms with Crippen LogP contribution in [0.2, 0.25) is 0 Å². The molecule has 1 saturated heterocycles. The first-order valence-corrected chi connectivity index (χ1v) is 8.64. The van der Waals surface area contributed by atoms with Gasteiger partial charge in [-0.2, -0.15) is 0 Å². The van der Waals surface area contributed by atoms with Crippen LogP contribution in [0.25, 0.3) is 11.3 Å². The van der Waals surface area contributed by atoms with Crippen molar-refractivity contribution in [3.05, 3.63) is 47.7 Å². The predicted octanol–water partition coefficient (Wildman–Crippen LogP) is 2.56. The third-order valence-electron chi connectivity index (χ3n) is 4.30. The van der Waals surface area contributed by atoms with Gasteiger partial charge in [-0.1, -0.05) is 12.1 Å². The van der Waals surface area contributed by atoms with E-state index in [1.807, 2.05) is 0 Å². The highest BCUT2D eigenvalue weighted by atomic mass is 16.6. The fourth-order valence-electron chi connectivity index (χ4n) is 2.90. The lowest BCUT2D eigenvalue weighted by Crippen LogP contribution is -2.50.